The number of rotatable bonds is 23. The number of hydrogen-bond acceptors (Lipinski definition) is 30. The minimum atomic E-state index is -5.21. The molecule has 39 heteroatoms. The number of hydrogen-bond donors (Lipinski definition) is 3. The second-order valence-electron chi connectivity index (χ2n) is 14.9. The zero-order valence-electron chi connectivity index (χ0n) is 42.7. The molecule has 0 amide bonds. The monoisotopic (exact) mass is 1260 g/mol. The van der Waals surface area contributed by atoms with Crippen LogP contribution in [0.2, 0.25) is 0 Å². The Bertz CT molecular complexity index is 3830. The van der Waals surface area contributed by atoms with E-state index in [-0.39, 0.29) is 245 Å². The molecule has 7 aromatic rings. The number of nitrogens with one attached hydrogen (secondary N) is 3. The summed E-state index contributed by atoms with van der Waals surface area (Å²) in [4.78, 5) is 11.1. The van der Waals surface area contributed by atoms with E-state index in [0.29, 0.717) is 23.2 Å². The van der Waals surface area contributed by atoms with Gasteiger partial charge in [0, 0.05) is 27.0 Å². The molecule has 0 radical (unpaired) electrons. The Morgan fingerprint density at radius 2 is 1.07 bits per heavy atom. The summed E-state index contributed by atoms with van der Waals surface area (Å²) in [5.41, 5.74) is 1.38. The van der Waals surface area contributed by atoms with Gasteiger partial charge in [-0.3, -0.25) is 14.3 Å². The first-order valence-corrected chi connectivity index (χ1v) is 27.7. The molecule has 7 rings (SSSR count). The van der Waals surface area contributed by atoms with Gasteiger partial charge < -0.3 is 40.1 Å². The van der Waals surface area contributed by atoms with Crippen molar-refractivity contribution in [1.29, 1.82) is 0 Å². The minimum Gasteiger partial charge on any atom is -0.744 e. The molecular formula is C41H31N10Na5O18S6. The Kier molecular flexibility index (Phi) is 30.9. The fourth-order valence-electron chi connectivity index (χ4n) is 6.59. The Labute approximate surface area is 575 Å². The van der Waals surface area contributed by atoms with Gasteiger partial charge in [-0.2, -0.15) is 29.5 Å². The molecular weight excluding hydrogens is 1230 g/mol. The van der Waals surface area contributed by atoms with Crippen LogP contribution < -0.4 is 174 Å². The van der Waals surface area contributed by atoms with Crippen molar-refractivity contribution in [2.24, 2.45) is 20.5 Å². The molecule has 28 nitrogen and oxygen atoms in total. The quantitative estimate of drug-likeness (QED) is 0.0102. The van der Waals surface area contributed by atoms with Crippen LogP contribution in [0.25, 0.3) is 10.8 Å². The van der Waals surface area contributed by atoms with Crippen LogP contribution in [0.3, 0.4) is 0 Å². The topological polar surface area (TPSA) is 422 Å². The van der Waals surface area contributed by atoms with Gasteiger partial charge in [0.25, 0.3) is 0 Å². The zero-order chi connectivity index (χ0) is 54.1. The molecule has 0 aliphatic carbocycles. The third-order valence-electron chi connectivity index (χ3n) is 9.92. The number of sulfone groups is 1. The van der Waals surface area contributed by atoms with Crippen LogP contribution in [0, 0.1) is 13.8 Å². The smallest absolute Gasteiger partial charge is 0.744 e. The van der Waals surface area contributed by atoms with Gasteiger partial charge in [0.2, 0.25) is 17.8 Å². The molecule has 6 aromatic carbocycles. The molecule has 0 atom stereocenters. The first-order valence-electron chi connectivity index (χ1n) is 20.4. The van der Waals surface area contributed by atoms with Crippen molar-refractivity contribution in [2.45, 2.75) is 38.3 Å². The molecule has 0 bridgehead atoms. The van der Waals surface area contributed by atoms with Crippen molar-refractivity contribution < 1.29 is 229 Å². The summed E-state index contributed by atoms with van der Waals surface area (Å²) in [5, 5.41) is 51.9. The zero-order valence-corrected chi connectivity index (χ0v) is 57.6. The van der Waals surface area contributed by atoms with Crippen LogP contribution in [0.1, 0.15) is 11.1 Å². The summed E-state index contributed by atoms with van der Waals surface area (Å²) in [7, 11) is -19.0. The van der Waals surface area contributed by atoms with Gasteiger partial charge in [0.05, 0.1) is 66.7 Å². The molecule has 0 aliphatic heterocycles. The molecule has 80 heavy (non-hydrogen) atoms. The normalized spacial score (nSPS) is 11.7. The van der Waals surface area contributed by atoms with Crippen molar-refractivity contribution >= 4 is 133 Å². The molecule has 0 unspecified atom stereocenters. The summed E-state index contributed by atoms with van der Waals surface area (Å²) in [6.45, 7) is 2.90. The van der Waals surface area contributed by atoms with Crippen LogP contribution >= 0.6 is 24.4 Å². The Hall–Kier alpha value is -1.71. The second-order valence-corrected chi connectivity index (χ2v) is 22.4. The van der Waals surface area contributed by atoms with E-state index in [1.807, 2.05) is 0 Å². The molecule has 1 aromatic heterocycles. The average molecular weight is 1260 g/mol. The Balaban J connectivity index is 0.00000437. The van der Waals surface area contributed by atoms with Crippen LogP contribution in [-0.2, 0) is 63.1 Å². The molecule has 0 saturated heterocycles. The molecule has 0 saturated carbocycles. The largest absolute Gasteiger partial charge is 1.00 e. The van der Waals surface area contributed by atoms with Crippen molar-refractivity contribution in [3.63, 3.8) is 0 Å². The van der Waals surface area contributed by atoms with Gasteiger partial charge in [0.15, 0.2) is 22.2 Å². The third kappa shape index (κ3) is 20.8. The molecule has 1 heterocycles. The number of nitrogens with zero attached hydrogens (tertiary/aromatic N) is 7. The van der Waals surface area contributed by atoms with Crippen molar-refractivity contribution in [2.75, 3.05) is 28.3 Å². The second kappa shape index (κ2) is 33.3. The van der Waals surface area contributed by atoms with E-state index in [4.69, 9.17) is 4.18 Å². The fraction of sp³-hybridized carbons (Fsp3) is 0.0976. The van der Waals surface area contributed by atoms with Gasteiger partial charge >= 0.3 is 148 Å². The predicted molar refractivity (Wildman–Crippen MR) is 257 cm³/mol. The fourth-order valence-corrected chi connectivity index (χ4v) is 10.2. The van der Waals surface area contributed by atoms with Crippen LogP contribution in [-0.4, -0.2) is 74.6 Å². The third-order valence-corrected chi connectivity index (χ3v) is 15.2. The molecule has 0 aliphatic rings. The maximum atomic E-state index is 12.9. The molecule has 0 spiro atoms. The number of azo groups is 2. The number of benzene rings is 6. The van der Waals surface area contributed by atoms with Gasteiger partial charge in [-0.1, -0.05) is 18.2 Å². The maximum Gasteiger partial charge on any atom is 1.00 e. The maximum absolute atomic E-state index is 12.9. The predicted octanol–water partition coefficient (Wildman–Crippen LogP) is -8.76. The Morgan fingerprint density at radius 1 is 0.525 bits per heavy atom. The average Bonchev–Trinajstić information content (AvgIpc) is 3.35. The van der Waals surface area contributed by atoms with Gasteiger partial charge in [-0.05, 0) is 116 Å². The summed E-state index contributed by atoms with van der Waals surface area (Å²) >= 11 is 0.578. The molecule has 0 fully saturated rings. The van der Waals surface area contributed by atoms with E-state index in [2.05, 4.69) is 70.1 Å². The van der Waals surface area contributed by atoms with Gasteiger partial charge in [-0.25, -0.2) is 33.7 Å². The number of anilines is 6. The number of aromatic nitrogens is 3. The van der Waals surface area contributed by atoms with Gasteiger partial charge in [0.1, 0.15) is 36.0 Å². The van der Waals surface area contributed by atoms with Crippen molar-refractivity contribution in [3.05, 3.63) is 120 Å². The Morgan fingerprint density at radius 3 is 1.65 bits per heavy atom. The van der Waals surface area contributed by atoms with E-state index < -0.39 is 60.6 Å². The molecule has 394 valence electrons. The summed E-state index contributed by atoms with van der Waals surface area (Å²) < 4.78 is 148. The van der Waals surface area contributed by atoms with E-state index >= 15 is 0 Å². The SMILES string of the molecule is Cc1cc(N=Nc2ccc(Nc3nc(Nc4ccc(S(=O)(=O)CCOSOO[O-])cc4)nc(Nc4cccc(S(=O)(=O)[O-])c4)n3)c3c(S(=O)(=O)[O-])cccc23)c(C)cc1N=Nc1cc(SOO[O-])ccc1S(=O)(=O)[O-].[Na+].[Na+].[Na+].[Na+].[Na+]. The van der Waals surface area contributed by atoms with E-state index in [1.54, 1.807) is 19.9 Å². The van der Waals surface area contributed by atoms with Crippen LogP contribution in [0.15, 0.2) is 154 Å². The van der Waals surface area contributed by atoms with Crippen LogP contribution in [0.5, 0.6) is 0 Å². The summed E-state index contributed by atoms with van der Waals surface area (Å²) in [6, 6.07) is 23.0. The number of aryl methyl sites for hydroxylation is 2. The van der Waals surface area contributed by atoms with E-state index in [1.165, 1.54) is 72.8 Å². The summed E-state index contributed by atoms with van der Waals surface area (Å²) in [6.07, 6.45) is 0. The van der Waals surface area contributed by atoms with Crippen LogP contribution in [0.4, 0.5) is 57.7 Å². The minimum absolute atomic E-state index is 0. The summed E-state index contributed by atoms with van der Waals surface area (Å²) in [5.74, 6) is -1.29. The van der Waals surface area contributed by atoms with Gasteiger partial charge in [-0.15, -0.1) is 14.6 Å². The van der Waals surface area contributed by atoms with Crippen molar-refractivity contribution in [1.82, 2.24) is 15.0 Å². The molecule has 3 N–H and O–H groups in total. The van der Waals surface area contributed by atoms with E-state index in [0.717, 1.165) is 30.3 Å². The van der Waals surface area contributed by atoms with Crippen molar-refractivity contribution in [3.8, 4) is 0 Å². The number of fused-ring (bicyclic) bond motifs is 1. The standard InChI is InChI=1S/C41H36N10O18S6.5Na/c1-23-20-34(50-51-35-22-27(70-68-66-52)11-16-36(35)74(59,60)61)24(2)19-33(23)49-48-31-14-15-32(38-30(31)7-4-8-37(38)75(62,63)64)44-41-46-39(45-40(47-41)43-26-5-3-6-29(21-26)73(56,57)58)42-25-9-12-28(13-10-25)72(54,55)18-17-65-71-69-67-53;;;;;/h3-16,19-22,52-53H,17-18H2,1-2H3,(H,56,57,58)(H,59,60,61)(H,62,63,64)(H3,42,43,44,45,46,47);;;;;/q;5*+1/p-5. The first-order chi connectivity index (χ1) is 35.5. The first kappa shape index (κ1) is 74.4. The van der Waals surface area contributed by atoms with E-state index in [9.17, 15) is 57.8 Å².